The maximum atomic E-state index is 12.2. The number of rotatable bonds is 4. The summed E-state index contributed by atoms with van der Waals surface area (Å²) in [5, 5.41) is 7.16. The molecule has 0 radical (unpaired) electrons. The van der Waals surface area contributed by atoms with Crippen LogP contribution in [0.4, 0.5) is 11.4 Å². The quantitative estimate of drug-likeness (QED) is 0.942. The van der Waals surface area contributed by atoms with E-state index in [1.165, 1.54) is 0 Å². The van der Waals surface area contributed by atoms with Gasteiger partial charge in [0.15, 0.2) is 5.69 Å². The van der Waals surface area contributed by atoms with Crippen molar-refractivity contribution in [3.05, 3.63) is 42.2 Å². The van der Waals surface area contributed by atoms with Gasteiger partial charge in [-0.05, 0) is 44.2 Å². The number of aromatic nitrogens is 2. The van der Waals surface area contributed by atoms with E-state index >= 15 is 0 Å². The molecule has 1 aromatic heterocycles. The molecule has 6 nitrogen and oxygen atoms in total. The molecule has 0 spiro atoms. The molecule has 1 N–H and O–H groups in total. The van der Waals surface area contributed by atoms with Crippen LogP contribution < -0.4 is 10.2 Å². The van der Waals surface area contributed by atoms with Crippen molar-refractivity contribution >= 4 is 17.3 Å². The number of amides is 1. The molecule has 0 aliphatic carbocycles. The second-order valence-corrected chi connectivity index (χ2v) is 5.88. The molecule has 0 saturated carbocycles. The van der Waals surface area contributed by atoms with Crippen LogP contribution in [0.3, 0.4) is 0 Å². The van der Waals surface area contributed by atoms with Gasteiger partial charge in [0, 0.05) is 36.7 Å². The number of anilines is 2. The number of ether oxygens (including phenoxy) is 1. The van der Waals surface area contributed by atoms with Gasteiger partial charge in [0.25, 0.3) is 5.91 Å². The summed E-state index contributed by atoms with van der Waals surface area (Å²) < 4.78 is 7.13. The molecule has 1 amide bonds. The van der Waals surface area contributed by atoms with Gasteiger partial charge in [-0.2, -0.15) is 5.10 Å². The Morgan fingerprint density at radius 1 is 1.17 bits per heavy atom. The van der Waals surface area contributed by atoms with Crippen LogP contribution in [0.5, 0.6) is 0 Å². The summed E-state index contributed by atoms with van der Waals surface area (Å²) >= 11 is 0. The monoisotopic (exact) mass is 314 g/mol. The molecule has 6 heteroatoms. The minimum absolute atomic E-state index is 0.191. The lowest BCUT2D eigenvalue weighted by atomic mass is 10.2. The average Bonchev–Trinajstić information content (AvgIpc) is 3.07. The zero-order valence-electron chi connectivity index (χ0n) is 13.5. The first-order chi connectivity index (χ1) is 11.1. The van der Waals surface area contributed by atoms with Crippen molar-refractivity contribution in [3.63, 3.8) is 0 Å². The van der Waals surface area contributed by atoms with Gasteiger partial charge >= 0.3 is 0 Å². The molecule has 23 heavy (non-hydrogen) atoms. The zero-order chi connectivity index (χ0) is 16.2. The number of carbonyl (C=O) groups is 1. The van der Waals surface area contributed by atoms with Gasteiger partial charge in [-0.15, -0.1) is 0 Å². The Balaban J connectivity index is 1.64. The van der Waals surface area contributed by atoms with Crippen LogP contribution in [0.2, 0.25) is 0 Å². The highest BCUT2D eigenvalue weighted by Gasteiger charge is 2.13. The van der Waals surface area contributed by atoms with E-state index in [0.717, 1.165) is 37.7 Å². The number of morpholine rings is 1. The van der Waals surface area contributed by atoms with Gasteiger partial charge in [0.2, 0.25) is 0 Å². The lowest BCUT2D eigenvalue weighted by Gasteiger charge is -2.28. The molecule has 0 unspecified atom stereocenters. The van der Waals surface area contributed by atoms with Crippen molar-refractivity contribution in [1.29, 1.82) is 0 Å². The fourth-order valence-electron chi connectivity index (χ4n) is 2.52. The molecule has 1 aromatic carbocycles. The van der Waals surface area contributed by atoms with Crippen LogP contribution in [0.25, 0.3) is 0 Å². The van der Waals surface area contributed by atoms with Crippen molar-refractivity contribution in [2.75, 3.05) is 36.5 Å². The molecule has 0 bridgehead atoms. The first-order valence-electron chi connectivity index (χ1n) is 7.93. The smallest absolute Gasteiger partial charge is 0.276 e. The summed E-state index contributed by atoms with van der Waals surface area (Å²) in [5.41, 5.74) is 2.34. The fraction of sp³-hybridized carbons (Fsp3) is 0.412. The summed E-state index contributed by atoms with van der Waals surface area (Å²) in [6, 6.07) is 9.85. The van der Waals surface area contributed by atoms with E-state index in [0.29, 0.717) is 5.69 Å². The average molecular weight is 314 g/mol. The molecular weight excluding hydrogens is 292 g/mol. The zero-order valence-corrected chi connectivity index (χ0v) is 13.5. The second-order valence-electron chi connectivity index (χ2n) is 5.88. The fourth-order valence-corrected chi connectivity index (χ4v) is 2.52. The third-order valence-corrected chi connectivity index (χ3v) is 3.87. The maximum Gasteiger partial charge on any atom is 0.276 e. The Morgan fingerprint density at radius 2 is 1.87 bits per heavy atom. The van der Waals surface area contributed by atoms with E-state index < -0.39 is 0 Å². The van der Waals surface area contributed by atoms with Crippen molar-refractivity contribution < 1.29 is 9.53 Å². The van der Waals surface area contributed by atoms with E-state index in [4.69, 9.17) is 4.74 Å². The minimum atomic E-state index is -0.191. The van der Waals surface area contributed by atoms with Gasteiger partial charge in [-0.25, -0.2) is 0 Å². The molecular formula is C17H22N4O2. The summed E-state index contributed by atoms with van der Waals surface area (Å²) in [5.74, 6) is -0.191. The molecule has 0 atom stereocenters. The molecule has 1 aliphatic rings. The maximum absolute atomic E-state index is 12.2. The van der Waals surface area contributed by atoms with Gasteiger partial charge in [0.1, 0.15) is 0 Å². The lowest BCUT2D eigenvalue weighted by molar-refractivity contribution is 0.102. The van der Waals surface area contributed by atoms with Gasteiger partial charge in [-0.3, -0.25) is 9.48 Å². The van der Waals surface area contributed by atoms with E-state index in [9.17, 15) is 4.79 Å². The number of benzene rings is 1. The van der Waals surface area contributed by atoms with Crippen molar-refractivity contribution in [2.45, 2.75) is 19.9 Å². The normalized spacial score (nSPS) is 15.0. The predicted octanol–water partition coefficient (Wildman–Crippen LogP) is 2.55. The highest BCUT2D eigenvalue weighted by atomic mass is 16.5. The molecule has 1 saturated heterocycles. The number of nitrogens with one attached hydrogen (secondary N) is 1. The number of nitrogens with zero attached hydrogens (tertiary/aromatic N) is 3. The van der Waals surface area contributed by atoms with E-state index in [-0.39, 0.29) is 11.9 Å². The minimum Gasteiger partial charge on any atom is -0.378 e. The summed E-state index contributed by atoms with van der Waals surface area (Å²) in [7, 11) is 0. The highest BCUT2D eigenvalue weighted by Crippen LogP contribution is 2.19. The summed E-state index contributed by atoms with van der Waals surface area (Å²) in [6.45, 7) is 7.38. The van der Waals surface area contributed by atoms with Gasteiger partial charge in [-0.1, -0.05) is 0 Å². The summed E-state index contributed by atoms with van der Waals surface area (Å²) in [4.78, 5) is 14.5. The molecule has 1 aliphatic heterocycles. The SMILES string of the molecule is CC(C)n1ccc(C(=O)Nc2ccc(N3CCOCC3)cc2)n1. The molecule has 2 heterocycles. The lowest BCUT2D eigenvalue weighted by Crippen LogP contribution is -2.36. The number of carbonyl (C=O) groups excluding carboxylic acids is 1. The van der Waals surface area contributed by atoms with Crippen molar-refractivity contribution in [3.8, 4) is 0 Å². The first-order valence-corrected chi connectivity index (χ1v) is 7.93. The molecule has 2 aromatic rings. The van der Waals surface area contributed by atoms with Crippen molar-refractivity contribution in [2.24, 2.45) is 0 Å². The third-order valence-electron chi connectivity index (χ3n) is 3.87. The number of hydrogen-bond acceptors (Lipinski definition) is 4. The van der Waals surface area contributed by atoms with E-state index in [2.05, 4.69) is 15.3 Å². The molecule has 122 valence electrons. The second kappa shape index (κ2) is 6.83. The Labute approximate surface area is 136 Å². The van der Waals surface area contributed by atoms with Crippen molar-refractivity contribution in [1.82, 2.24) is 9.78 Å². The Kier molecular flexibility index (Phi) is 4.62. The Morgan fingerprint density at radius 3 is 2.48 bits per heavy atom. The van der Waals surface area contributed by atoms with Crippen LogP contribution in [-0.4, -0.2) is 42.0 Å². The van der Waals surface area contributed by atoms with Crippen LogP contribution in [0, 0.1) is 0 Å². The highest BCUT2D eigenvalue weighted by molar-refractivity contribution is 6.02. The van der Waals surface area contributed by atoms with Crippen LogP contribution in [0.1, 0.15) is 30.4 Å². The van der Waals surface area contributed by atoms with E-state index in [1.54, 1.807) is 10.7 Å². The topological polar surface area (TPSA) is 59.4 Å². The van der Waals surface area contributed by atoms with Gasteiger partial charge < -0.3 is 15.0 Å². The standard InChI is InChI=1S/C17H22N4O2/c1-13(2)21-8-7-16(19-21)17(22)18-14-3-5-15(6-4-14)20-9-11-23-12-10-20/h3-8,13H,9-12H2,1-2H3,(H,18,22). The largest absolute Gasteiger partial charge is 0.378 e. The van der Waals surface area contributed by atoms with Crippen LogP contribution >= 0.6 is 0 Å². The predicted molar refractivity (Wildman–Crippen MR) is 90.0 cm³/mol. The Bertz CT molecular complexity index is 657. The van der Waals surface area contributed by atoms with Crippen LogP contribution in [-0.2, 0) is 4.74 Å². The van der Waals surface area contributed by atoms with Crippen LogP contribution in [0.15, 0.2) is 36.5 Å². The third kappa shape index (κ3) is 3.71. The van der Waals surface area contributed by atoms with E-state index in [1.807, 2.05) is 44.3 Å². The van der Waals surface area contributed by atoms with Gasteiger partial charge in [0.05, 0.1) is 13.2 Å². The Hall–Kier alpha value is -2.34. The summed E-state index contributed by atoms with van der Waals surface area (Å²) in [6.07, 6.45) is 1.82. The molecule has 3 rings (SSSR count). The molecule has 1 fully saturated rings. The first kappa shape index (κ1) is 15.6. The number of hydrogen-bond donors (Lipinski definition) is 1.